The maximum absolute atomic E-state index is 13.9. The van der Waals surface area contributed by atoms with Crippen LogP contribution in [0.4, 0.5) is 9.59 Å². The lowest BCUT2D eigenvalue weighted by Gasteiger charge is -2.35. The molecule has 2 aromatic rings. The number of hydroxylamine groups is 4. The number of amides is 4. The average Bonchev–Trinajstić information content (AvgIpc) is 3.60. The van der Waals surface area contributed by atoms with E-state index in [4.69, 9.17) is 28.2 Å². The molecule has 0 radical (unpaired) electrons. The summed E-state index contributed by atoms with van der Waals surface area (Å²) >= 11 is 0. The number of carbonyl (C=O) groups excluding carboxylic acids is 2. The molecule has 8 aliphatic rings. The second-order valence-electron chi connectivity index (χ2n) is 17.2. The number of aromatic nitrogens is 4. The Kier molecular flexibility index (Phi) is 8.05. The molecule has 6 saturated heterocycles. The topological polar surface area (TPSA) is 262 Å². The van der Waals surface area contributed by atoms with Gasteiger partial charge in [0.2, 0.25) is 23.6 Å². The summed E-state index contributed by atoms with van der Waals surface area (Å²) in [6.07, 6.45) is 3.93. The number of urea groups is 2. The lowest BCUT2D eigenvalue weighted by molar-refractivity contribution is -0.101. The largest absolute Gasteiger partial charge is 0.442 e. The summed E-state index contributed by atoms with van der Waals surface area (Å²) in [6, 6.07) is -4.52. The summed E-state index contributed by atoms with van der Waals surface area (Å²) in [7, 11) is 2.69. The number of piperidine rings is 2. The summed E-state index contributed by atoms with van der Waals surface area (Å²) in [5.41, 5.74) is -0.848. The fraction of sp³-hybridized carbons (Fsp3) is 0.750. The van der Waals surface area contributed by atoms with Crippen LogP contribution in [0.2, 0.25) is 0 Å². The van der Waals surface area contributed by atoms with Gasteiger partial charge in [-0.15, -0.1) is 29.0 Å². The number of nitrogens with one attached hydrogen (secondary N) is 4. The van der Waals surface area contributed by atoms with Gasteiger partial charge in [0.1, 0.15) is 24.2 Å². The van der Waals surface area contributed by atoms with Crippen molar-refractivity contribution < 1.29 is 35.4 Å². The first-order valence-corrected chi connectivity index (χ1v) is 20.5. The van der Waals surface area contributed by atoms with E-state index in [0.29, 0.717) is 51.0 Å². The number of hydrogen-bond acceptors (Lipinski definition) is 16. The van der Waals surface area contributed by atoms with Crippen molar-refractivity contribution in [3.8, 4) is 0 Å². The van der Waals surface area contributed by atoms with Crippen LogP contribution in [0.5, 0.6) is 0 Å². The monoisotopic (exact) mass is 814 g/mol. The predicted molar refractivity (Wildman–Crippen MR) is 191 cm³/mol. The normalized spacial score (nSPS) is 31.0. The van der Waals surface area contributed by atoms with Crippen LogP contribution in [0, 0.1) is 21.6 Å². The molecule has 2 unspecified atom stereocenters. The van der Waals surface area contributed by atoms with Gasteiger partial charge in [-0.05, 0) is 77.5 Å². The van der Waals surface area contributed by atoms with Crippen molar-refractivity contribution in [1.82, 2.24) is 70.6 Å². The minimum Gasteiger partial charge on any atom is -0.421 e. The quantitative estimate of drug-likeness (QED) is 0.215. The van der Waals surface area contributed by atoms with Gasteiger partial charge in [0.25, 0.3) is 0 Å². The van der Waals surface area contributed by atoms with Crippen LogP contribution in [0.1, 0.15) is 86.3 Å². The van der Waals surface area contributed by atoms with E-state index in [9.17, 15) is 18.0 Å². The molecule has 57 heavy (non-hydrogen) atoms. The van der Waals surface area contributed by atoms with Gasteiger partial charge in [0.15, 0.2) is 11.9 Å². The molecule has 4 N–H and O–H groups in total. The molecule has 8 heterocycles. The highest BCUT2D eigenvalue weighted by Crippen LogP contribution is 2.63. The Morgan fingerprint density at radius 3 is 1.44 bits per heavy atom. The van der Waals surface area contributed by atoms with E-state index in [1.54, 1.807) is 0 Å². The van der Waals surface area contributed by atoms with Crippen LogP contribution in [-0.2, 0) is 19.0 Å². The summed E-state index contributed by atoms with van der Waals surface area (Å²) in [4.78, 5) is 38.4. The number of rotatable bonds is 12. The maximum atomic E-state index is 13.9. The van der Waals surface area contributed by atoms with Crippen molar-refractivity contribution in [2.75, 3.05) is 67.7 Å². The van der Waals surface area contributed by atoms with E-state index in [1.165, 1.54) is 9.80 Å². The minimum atomic E-state index is -4.97. The molecule has 0 aromatic carbocycles. The van der Waals surface area contributed by atoms with E-state index < -0.39 is 69.5 Å². The number of guanidine groups is 2. The first-order valence-electron chi connectivity index (χ1n) is 19.1. The lowest BCUT2D eigenvalue weighted by atomic mass is 9.85. The van der Waals surface area contributed by atoms with E-state index in [1.807, 2.05) is 47.8 Å². The summed E-state index contributed by atoms with van der Waals surface area (Å²) in [5.74, 6) is 1.54. The SMILES string of the molecule is CN(C)CN1CC(c2nnc([C@@H]3CC4(CC4)[C@@H]4CN3C(=O)N4OS(=O)(=O)ON3C(=O)N4C[C@H]3C3(CC3)C[C@H]4c3nnc(C4CN(CN(C)C)C(=N)N4)o3)o2)NC1=N. The molecule has 2 saturated carbocycles. The van der Waals surface area contributed by atoms with Crippen molar-refractivity contribution in [2.45, 2.75) is 74.8 Å². The third-order valence-electron chi connectivity index (χ3n) is 12.7. The van der Waals surface area contributed by atoms with Gasteiger partial charge in [-0.2, -0.15) is 18.5 Å². The molecule has 6 atom stereocenters. The average molecular weight is 815 g/mol. The van der Waals surface area contributed by atoms with E-state index in [0.717, 1.165) is 35.8 Å². The van der Waals surface area contributed by atoms with Gasteiger partial charge in [0.05, 0.1) is 38.5 Å². The molecule has 25 heteroatoms. The van der Waals surface area contributed by atoms with Gasteiger partial charge < -0.3 is 39.1 Å². The van der Waals surface area contributed by atoms with E-state index in [2.05, 4.69) is 31.0 Å². The Balaban J connectivity index is 0.820. The fourth-order valence-corrected chi connectivity index (χ4v) is 10.3. The van der Waals surface area contributed by atoms with Gasteiger partial charge in [-0.3, -0.25) is 20.6 Å². The van der Waals surface area contributed by atoms with Gasteiger partial charge in [-0.1, -0.05) is 0 Å². The molecule has 8 fully saturated rings. The van der Waals surface area contributed by atoms with Crippen molar-refractivity contribution in [2.24, 2.45) is 10.8 Å². The zero-order valence-corrected chi connectivity index (χ0v) is 32.8. The minimum absolute atomic E-state index is 0.181. The molecule has 2 aromatic heterocycles. The highest BCUT2D eigenvalue weighted by molar-refractivity contribution is 7.81. The van der Waals surface area contributed by atoms with Crippen molar-refractivity contribution >= 4 is 34.4 Å². The summed E-state index contributed by atoms with van der Waals surface area (Å²) in [5, 5.41) is 41.6. The number of fused-ring (bicyclic) bond motifs is 6. The van der Waals surface area contributed by atoms with E-state index in [-0.39, 0.29) is 36.8 Å². The van der Waals surface area contributed by atoms with Crippen LogP contribution in [0.25, 0.3) is 0 Å². The molecule has 4 bridgehead atoms. The van der Waals surface area contributed by atoms with E-state index >= 15 is 0 Å². The maximum Gasteiger partial charge on any atom is 0.442 e. The van der Waals surface area contributed by atoms with Crippen LogP contribution >= 0.6 is 0 Å². The Hall–Kier alpha value is -4.85. The van der Waals surface area contributed by atoms with Crippen LogP contribution in [0.15, 0.2) is 8.83 Å². The first kappa shape index (κ1) is 36.5. The molecular weight excluding hydrogens is 769 g/mol. The lowest BCUT2D eigenvalue weighted by Crippen LogP contribution is -2.45. The molecule has 4 amide bonds. The van der Waals surface area contributed by atoms with Crippen molar-refractivity contribution in [3.05, 3.63) is 23.6 Å². The summed E-state index contributed by atoms with van der Waals surface area (Å²) in [6.45, 7) is 2.35. The number of hydrogen-bond donors (Lipinski definition) is 4. The third kappa shape index (κ3) is 6.03. The zero-order chi connectivity index (χ0) is 39.8. The molecular formula is C32H46N16O8S. The Labute approximate surface area is 327 Å². The Morgan fingerprint density at radius 2 is 1.07 bits per heavy atom. The Morgan fingerprint density at radius 1 is 0.684 bits per heavy atom. The highest BCUT2D eigenvalue weighted by atomic mass is 32.3. The van der Waals surface area contributed by atoms with Crippen molar-refractivity contribution in [1.29, 1.82) is 10.8 Å². The Bertz CT molecular complexity index is 1980. The zero-order valence-electron chi connectivity index (χ0n) is 32.0. The van der Waals surface area contributed by atoms with Gasteiger partial charge >= 0.3 is 22.5 Å². The number of nitrogens with zero attached hydrogens (tertiary/aromatic N) is 12. The van der Waals surface area contributed by atoms with Crippen LogP contribution in [0.3, 0.4) is 0 Å². The second kappa shape index (κ2) is 12.6. The smallest absolute Gasteiger partial charge is 0.421 e. The standard InChI is InChI=1S/C32H46N16O8S/c1-41(2)15-43-11-17(35-27(43)33)23-37-39-25(53-23)19-9-31(5-6-31)21-13-45(19)29(49)47(21)55-57(51,52)56-48-22-14-46(30(48)50)20(10-32(22)7-8-32)26-40-38-24(54-26)18-12-44(16-42(3)4)28(34)36-18/h17-22H,5-16H2,1-4H3,(H2,33,35)(H2,34,36)/t17?,18?,19-,20-,21-,22-/m0/s1. The highest BCUT2D eigenvalue weighted by Gasteiger charge is 2.67. The first-order chi connectivity index (χ1) is 27.1. The molecule has 2 aliphatic carbocycles. The fourth-order valence-electron chi connectivity index (χ4n) is 9.57. The predicted octanol–water partition coefficient (Wildman–Crippen LogP) is -0.276. The van der Waals surface area contributed by atoms with Crippen LogP contribution < -0.4 is 10.6 Å². The molecule has 6 aliphatic heterocycles. The molecule has 2 spiro atoms. The number of carbonyl (C=O) groups is 2. The third-order valence-corrected chi connectivity index (χ3v) is 13.4. The molecule has 308 valence electrons. The van der Waals surface area contributed by atoms with Gasteiger partial charge in [0, 0.05) is 13.1 Å². The van der Waals surface area contributed by atoms with Crippen molar-refractivity contribution in [3.63, 3.8) is 0 Å². The second-order valence-corrected chi connectivity index (χ2v) is 18.3. The molecule has 10 rings (SSSR count). The summed E-state index contributed by atoms with van der Waals surface area (Å²) < 4.78 is 50.6. The van der Waals surface area contributed by atoms with Crippen LogP contribution in [-0.4, -0.2) is 172 Å². The van der Waals surface area contributed by atoms with Gasteiger partial charge in [-0.25, -0.2) is 9.59 Å². The molecule has 24 nitrogen and oxygen atoms in total.